The van der Waals surface area contributed by atoms with Crippen LogP contribution in [0.1, 0.15) is 59.4 Å². The van der Waals surface area contributed by atoms with E-state index in [1.807, 2.05) is 31.2 Å². The Labute approximate surface area is 158 Å². The number of carbonyl (C=O) groups is 1. The predicted octanol–water partition coefficient (Wildman–Crippen LogP) is 4.78. The van der Waals surface area contributed by atoms with E-state index in [0.29, 0.717) is 17.4 Å². The minimum absolute atomic E-state index is 0.115. The highest BCUT2D eigenvalue weighted by molar-refractivity contribution is 7.14. The van der Waals surface area contributed by atoms with Crippen molar-refractivity contribution in [3.05, 3.63) is 39.8 Å². The van der Waals surface area contributed by atoms with Gasteiger partial charge in [0.25, 0.3) is 5.91 Å². The molecule has 0 saturated carbocycles. The first-order chi connectivity index (χ1) is 12.5. The molecule has 6 heteroatoms. The van der Waals surface area contributed by atoms with Crippen LogP contribution < -0.4 is 10.1 Å². The van der Waals surface area contributed by atoms with Crippen LogP contribution in [0.15, 0.2) is 24.3 Å². The number of ether oxygens (including phenoxy) is 2. The Balaban J connectivity index is 1.55. The number of aromatic nitrogens is 1. The van der Waals surface area contributed by atoms with E-state index in [1.54, 1.807) is 0 Å². The average molecular weight is 375 g/mol. The molecule has 1 aromatic carbocycles. The zero-order valence-electron chi connectivity index (χ0n) is 15.6. The Morgan fingerprint density at radius 3 is 2.73 bits per heavy atom. The van der Waals surface area contributed by atoms with Crippen molar-refractivity contribution in [2.24, 2.45) is 0 Å². The summed E-state index contributed by atoms with van der Waals surface area (Å²) in [5, 5.41) is 3.92. The molecule has 140 valence electrons. The van der Waals surface area contributed by atoms with Crippen molar-refractivity contribution >= 4 is 22.9 Å². The molecule has 1 amide bonds. The molecule has 1 N–H and O–H groups in total. The summed E-state index contributed by atoms with van der Waals surface area (Å²) in [7, 11) is 0. The van der Waals surface area contributed by atoms with Gasteiger partial charge in [-0.05, 0) is 50.5 Å². The number of anilines is 1. The van der Waals surface area contributed by atoms with Crippen LogP contribution in [0, 0.1) is 6.92 Å². The van der Waals surface area contributed by atoms with Crippen LogP contribution >= 0.6 is 11.3 Å². The Morgan fingerprint density at radius 1 is 1.35 bits per heavy atom. The molecule has 2 heterocycles. The topological polar surface area (TPSA) is 60.5 Å². The summed E-state index contributed by atoms with van der Waals surface area (Å²) in [6, 6.07) is 7.46. The van der Waals surface area contributed by atoms with Crippen LogP contribution in [0.2, 0.25) is 0 Å². The Hall–Kier alpha value is -1.92. The van der Waals surface area contributed by atoms with Gasteiger partial charge < -0.3 is 14.8 Å². The number of amides is 1. The number of carbonyl (C=O) groups excluding carboxylic acids is 1. The maximum Gasteiger partial charge on any atom is 0.267 e. The largest absolute Gasteiger partial charge is 0.491 e. The molecule has 1 aliphatic heterocycles. The lowest BCUT2D eigenvalue weighted by Crippen LogP contribution is -2.25. The van der Waals surface area contributed by atoms with Gasteiger partial charge in [0.1, 0.15) is 17.2 Å². The average Bonchev–Trinajstić information content (AvgIpc) is 3.04. The number of hydrogen-bond donors (Lipinski definition) is 1. The molecule has 0 aliphatic carbocycles. The molecule has 26 heavy (non-hydrogen) atoms. The van der Waals surface area contributed by atoms with E-state index in [4.69, 9.17) is 9.47 Å². The van der Waals surface area contributed by atoms with Gasteiger partial charge in [-0.25, -0.2) is 4.98 Å². The zero-order chi connectivity index (χ0) is 18.5. The Kier molecular flexibility index (Phi) is 6.27. The summed E-state index contributed by atoms with van der Waals surface area (Å²) in [5.41, 5.74) is 1.53. The van der Waals surface area contributed by atoms with E-state index in [0.717, 1.165) is 41.6 Å². The SMILES string of the molecule is Cc1nc(C(C)C)sc1C(=O)Nc1ccc(OCC2CCCCO2)cc1. The predicted molar refractivity (Wildman–Crippen MR) is 104 cm³/mol. The first-order valence-corrected chi connectivity index (χ1v) is 9.97. The van der Waals surface area contributed by atoms with Crippen molar-refractivity contribution in [1.29, 1.82) is 0 Å². The third-order valence-corrected chi connectivity index (χ3v) is 5.79. The number of benzene rings is 1. The molecule has 1 aromatic heterocycles. The van der Waals surface area contributed by atoms with E-state index >= 15 is 0 Å². The number of nitrogens with zero attached hydrogens (tertiary/aromatic N) is 1. The standard InChI is InChI=1S/C20H26N2O3S/c1-13(2)20-21-14(3)18(26-20)19(23)22-15-7-9-16(10-8-15)25-12-17-6-4-5-11-24-17/h7-10,13,17H,4-6,11-12H2,1-3H3,(H,22,23). The number of hydrogen-bond acceptors (Lipinski definition) is 5. The van der Waals surface area contributed by atoms with Crippen LogP contribution in [0.3, 0.4) is 0 Å². The highest BCUT2D eigenvalue weighted by Crippen LogP contribution is 2.26. The second-order valence-electron chi connectivity index (χ2n) is 6.90. The zero-order valence-corrected chi connectivity index (χ0v) is 16.4. The van der Waals surface area contributed by atoms with Gasteiger partial charge in [-0.1, -0.05) is 13.8 Å². The quantitative estimate of drug-likeness (QED) is 0.791. The molecule has 0 radical (unpaired) electrons. The summed E-state index contributed by atoms with van der Waals surface area (Å²) < 4.78 is 11.5. The maximum absolute atomic E-state index is 12.5. The number of rotatable bonds is 6. The Bertz CT molecular complexity index is 734. The van der Waals surface area contributed by atoms with E-state index in [1.165, 1.54) is 17.8 Å². The molecule has 5 nitrogen and oxygen atoms in total. The van der Waals surface area contributed by atoms with Crippen LogP contribution in [-0.4, -0.2) is 30.2 Å². The lowest BCUT2D eigenvalue weighted by molar-refractivity contribution is -0.0110. The fraction of sp³-hybridized carbons (Fsp3) is 0.500. The molecule has 1 saturated heterocycles. The molecule has 1 aliphatic rings. The smallest absolute Gasteiger partial charge is 0.267 e. The molecular formula is C20H26N2O3S. The summed E-state index contributed by atoms with van der Waals surface area (Å²) in [6.45, 7) is 7.44. The van der Waals surface area contributed by atoms with Gasteiger partial charge in [0, 0.05) is 18.2 Å². The van der Waals surface area contributed by atoms with Crippen molar-refractivity contribution in [2.45, 2.75) is 52.1 Å². The number of aryl methyl sites for hydroxylation is 1. The van der Waals surface area contributed by atoms with Crippen LogP contribution in [-0.2, 0) is 4.74 Å². The summed E-state index contributed by atoms with van der Waals surface area (Å²) >= 11 is 1.46. The Morgan fingerprint density at radius 2 is 2.12 bits per heavy atom. The molecule has 0 bridgehead atoms. The van der Waals surface area contributed by atoms with Gasteiger partial charge in [0.2, 0.25) is 0 Å². The normalized spacial score (nSPS) is 17.3. The first kappa shape index (κ1) is 18.9. The molecule has 2 aromatic rings. The van der Waals surface area contributed by atoms with Gasteiger partial charge >= 0.3 is 0 Å². The van der Waals surface area contributed by atoms with Crippen LogP contribution in [0.25, 0.3) is 0 Å². The molecule has 1 unspecified atom stereocenters. The van der Waals surface area contributed by atoms with Crippen LogP contribution in [0.4, 0.5) is 5.69 Å². The van der Waals surface area contributed by atoms with Gasteiger partial charge in [0.15, 0.2) is 0 Å². The van der Waals surface area contributed by atoms with Crippen molar-refractivity contribution in [3.8, 4) is 5.75 Å². The van der Waals surface area contributed by atoms with Crippen molar-refractivity contribution in [3.63, 3.8) is 0 Å². The van der Waals surface area contributed by atoms with Crippen molar-refractivity contribution in [1.82, 2.24) is 4.98 Å². The lowest BCUT2D eigenvalue weighted by Gasteiger charge is -2.22. The third-order valence-electron chi connectivity index (χ3n) is 4.34. The van der Waals surface area contributed by atoms with E-state index in [2.05, 4.69) is 24.1 Å². The van der Waals surface area contributed by atoms with Gasteiger partial charge in [0.05, 0.1) is 16.8 Å². The summed E-state index contributed by atoms with van der Waals surface area (Å²) in [5.74, 6) is 0.995. The van der Waals surface area contributed by atoms with Gasteiger partial charge in [-0.2, -0.15) is 0 Å². The number of thiazole rings is 1. The fourth-order valence-corrected chi connectivity index (χ4v) is 3.79. The second-order valence-corrected chi connectivity index (χ2v) is 7.93. The van der Waals surface area contributed by atoms with E-state index in [9.17, 15) is 4.79 Å². The van der Waals surface area contributed by atoms with E-state index < -0.39 is 0 Å². The minimum atomic E-state index is -0.115. The second kappa shape index (κ2) is 8.64. The summed E-state index contributed by atoms with van der Waals surface area (Å²) in [4.78, 5) is 17.7. The van der Waals surface area contributed by atoms with Gasteiger partial charge in [-0.3, -0.25) is 4.79 Å². The maximum atomic E-state index is 12.5. The molecule has 1 atom stereocenters. The lowest BCUT2D eigenvalue weighted by atomic mass is 10.1. The van der Waals surface area contributed by atoms with Gasteiger partial charge in [-0.15, -0.1) is 11.3 Å². The molecule has 3 rings (SSSR count). The van der Waals surface area contributed by atoms with E-state index in [-0.39, 0.29) is 12.0 Å². The highest BCUT2D eigenvalue weighted by Gasteiger charge is 2.17. The molecule has 1 fully saturated rings. The van der Waals surface area contributed by atoms with Crippen molar-refractivity contribution < 1.29 is 14.3 Å². The van der Waals surface area contributed by atoms with Crippen LogP contribution in [0.5, 0.6) is 5.75 Å². The monoisotopic (exact) mass is 374 g/mol. The fourth-order valence-electron chi connectivity index (χ4n) is 2.83. The minimum Gasteiger partial charge on any atom is -0.491 e. The number of nitrogens with one attached hydrogen (secondary N) is 1. The third kappa shape index (κ3) is 4.83. The van der Waals surface area contributed by atoms with Crippen molar-refractivity contribution in [2.75, 3.05) is 18.5 Å². The molecular weight excluding hydrogens is 348 g/mol. The summed E-state index contributed by atoms with van der Waals surface area (Å²) in [6.07, 6.45) is 3.59. The molecule has 0 spiro atoms. The first-order valence-electron chi connectivity index (χ1n) is 9.16. The highest BCUT2D eigenvalue weighted by atomic mass is 32.1.